The van der Waals surface area contributed by atoms with Crippen molar-refractivity contribution in [1.29, 1.82) is 0 Å². The highest BCUT2D eigenvalue weighted by Gasteiger charge is 2.23. The summed E-state index contributed by atoms with van der Waals surface area (Å²) in [5.41, 5.74) is 1.84. The lowest BCUT2D eigenvalue weighted by atomic mass is 10.2. The first-order valence-corrected chi connectivity index (χ1v) is 10.3. The van der Waals surface area contributed by atoms with E-state index in [0.717, 1.165) is 48.0 Å². The van der Waals surface area contributed by atoms with Gasteiger partial charge in [-0.3, -0.25) is 9.79 Å². The van der Waals surface area contributed by atoms with Crippen LogP contribution in [0.25, 0.3) is 0 Å². The van der Waals surface area contributed by atoms with E-state index >= 15 is 0 Å². The SMILES string of the molecule is CN=C(NCCc1ncc(C)s1)NCc1cccc(NC(=O)C2CCCO2)c1.I. The Hall–Kier alpha value is -1.72. The van der Waals surface area contributed by atoms with Crippen molar-refractivity contribution < 1.29 is 9.53 Å². The number of thiazole rings is 1. The molecule has 1 aliphatic heterocycles. The molecule has 1 fully saturated rings. The minimum atomic E-state index is -0.327. The number of hydrogen-bond donors (Lipinski definition) is 3. The Labute approximate surface area is 192 Å². The second kappa shape index (κ2) is 12.1. The summed E-state index contributed by atoms with van der Waals surface area (Å²) in [6.45, 7) is 4.10. The number of benzene rings is 1. The van der Waals surface area contributed by atoms with Crippen molar-refractivity contribution >= 4 is 52.9 Å². The number of hydrogen-bond acceptors (Lipinski definition) is 5. The van der Waals surface area contributed by atoms with Gasteiger partial charge in [0.05, 0.1) is 5.01 Å². The van der Waals surface area contributed by atoms with Crippen LogP contribution in [0.15, 0.2) is 35.5 Å². The Morgan fingerprint density at radius 1 is 1.38 bits per heavy atom. The first kappa shape index (κ1) is 23.6. The average molecular weight is 529 g/mol. The van der Waals surface area contributed by atoms with Gasteiger partial charge in [0.25, 0.3) is 5.91 Å². The number of guanidine groups is 1. The van der Waals surface area contributed by atoms with Gasteiger partial charge in [-0.25, -0.2) is 4.98 Å². The quantitative estimate of drug-likeness (QED) is 0.292. The molecule has 158 valence electrons. The normalized spacial score (nSPS) is 16.2. The van der Waals surface area contributed by atoms with Crippen molar-refractivity contribution in [2.45, 2.75) is 38.8 Å². The number of nitrogens with zero attached hydrogens (tertiary/aromatic N) is 2. The molecule has 1 saturated heterocycles. The summed E-state index contributed by atoms with van der Waals surface area (Å²) >= 11 is 1.72. The fraction of sp³-hybridized carbons (Fsp3) is 0.450. The van der Waals surface area contributed by atoms with Crippen molar-refractivity contribution in [3.05, 3.63) is 45.9 Å². The summed E-state index contributed by atoms with van der Waals surface area (Å²) in [7, 11) is 1.75. The molecule has 3 rings (SSSR count). The third-order valence-electron chi connectivity index (χ3n) is 4.40. The van der Waals surface area contributed by atoms with E-state index in [1.807, 2.05) is 30.5 Å². The summed E-state index contributed by atoms with van der Waals surface area (Å²) in [5.74, 6) is 0.666. The molecule has 0 spiro atoms. The lowest BCUT2D eigenvalue weighted by Gasteiger charge is -2.13. The van der Waals surface area contributed by atoms with Crippen molar-refractivity contribution in [2.24, 2.45) is 4.99 Å². The zero-order valence-corrected chi connectivity index (χ0v) is 19.9. The second-order valence-electron chi connectivity index (χ2n) is 6.66. The van der Waals surface area contributed by atoms with E-state index in [1.54, 1.807) is 18.4 Å². The zero-order chi connectivity index (χ0) is 19.8. The average Bonchev–Trinajstić information content (AvgIpc) is 3.37. The molecule has 0 saturated carbocycles. The minimum absolute atomic E-state index is 0. The molecule has 1 aromatic heterocycles. The lowest BCUT2D eigenvalue weighted by molar-refractivity contribution is -0.124. The number of anilines is 1. The van der Waals surface area contributed by atoms with Gasteiger partial charge in [0.1, 0.15) is 6.10 Å². The Bertz CT molecular complexity index is 821. The van der Waals surface area contributed by atoms with Crippen LogP contribution in [0.5, 0.6) is 0 Å². The molecule has 1 atom stereocenters. The molecule has 7 nitrogen and oxygen atoms in total. The predicted molar refractivity (Wildman–Crippen MR) is 128 cm³/mol. The zero-order valence-electron chi connectivity index (χ0n) is 16.7. The fourth-order valence-electron chi connectivity index (χ4n) is 2.98. The van der Waals surface area contributed by atoms with Gasteiger partial charge in [0.15, 0.2) is 5.96 Å². The number of carbonyl (C=O) groups excluding carboxylic acids is 1. The van der Waals surface area contributed by atoms with Gasteiger partial charge >= 0.3 is 0 Å². The first-order valence-electron chi connectivity index (χ1n) is 9.51. The fourth-order valence-corrected chi connectivity index (χ4v) is 3.76. The Kier molecular flexibility index (Phi) is 9.82. The Balaban J connectivity index is 0.00000300. The number of amides is 1. The standard InChI is InChI=1S/C20H27N5O2S.HI/c1-14-12-23-18(28-14)8-9-22-20(21-2)24-13-15-5-3-6-16(11-15)25-19(26)17-7-4-10-27-17;/h3,5-6,11-12,17H,4,7-10,13H2,1-2H3,(H,25,26)(H2,21,22,24);1H. The number of aryl methyl sites for hydroxylation is 1. The maximum atomic E-state index is 12.2. The van der Waals surface area contributed by atoms with E-state index in [9.17, 15) is 4.79 Å². The number of rotatable bonds is 7. The second-order valence-corrected chi connectivity index (χ2v) is 7.98. The molecule has 1 unspecified atom stereocenters. The number of aliphatic imine (C=N–C) groups is 1. The van der Waals surface area contributed by atoms with E-state index in [-0.39, 0.29) is 36.0 Å². The van der Waals surface area contributed by atoms with Crippen LogP contribution in [0.4, 0.5) is 5.69 Å². The Morgan fingerprint density at radius 3 is 2.93 bits per heavy atom. The van der Waals surface area contributed by atoms with Crippen molar-refractivity contribution in [1.82, 2.24) is 15.6 Å². The third kappa shape index (κ3) is 7.56. The molecular formula is C20H28IN5O2S. The number of aromatic nitrogens is 1. The summed E-state index contributed by atoms with van der Waals surface area (Å²) in [6.07, 6.45) is 4.17. The van der Waals surface area contributed by atoms with Gasteiger partial charge in [-0.2, -0.15) is 0 Å². The van der Waals surface area contributed by atoms with E-state index in [4.69, 9.17) is 4.74 Å². The number of ether oxygens (including phenoxy) is 1. The number of halogens is 1. The molecule has 0 radical (unpaired) electrons. The van der Waals surface area contributed by atoms with Crippen LogP contribution >= 0.6 is 35.3 Å². The molecule has 9 heteroatoms. The molecule has 2 aromatic rings. The molecule has 1 aliphatic rings. The summed E-state index contributed by atoms with van der Waals surface area (Å²) < 4.78 is 5.43. The van der Waals surface area contributed by atoms with Gasteiger partial charge in [-0.05, 0) is 37.5 Å². The maximum Gasteiger partial charge on any atom is 0.253 e. The summed E-state index contributed by atoms with van der Waals surface area (Å²) in [4.78, 5) is 22.0. The van der Waals surface area contributed by atoms with Crippen molar-refractivity contribution in [2.75, 3.05) is 25.5 Å². The Morgan fingerprint density at radius 2 is 2.24 bits per heavy atom. The van der Waals surface area contributed by atoms with Crippen LogP contribution in [0.1, 0.15) is 28.3 Å². The smallest absolute Gasteiger partial charge is 0.253 e. The first-order chi connectivity index (χ1) is 13.6. The van der Waals surface area contributed by atoms with E-state index in [2.05, 4.69) is 32.9 Å². The van der Waals surface area contributed by atoms with Gasteiger partial charge in [-0.15, -0.1) is 35.3 Å². The monoisotopic (exact) mass is 529 g/mol. The van der Waals surface area contributed by atoms with Crippen LogP contribution in [0, 0.1) is 6.92 Å². The van der Waals surface area contributed by atoms with Crippen LogP contribution < -0.4 is 16.0 Å². The molecule has 1 amide bonds. The molecule has 2 heterocycles. The largest absolute Gasteiger partial charge is 0.368 e. The number of carbonyl (C=O) groups is 1. The van der Waals surface area contributed by atoms with Crippen LogP contribution in [0.3, 0.4) is 0 Å². The van der Waals surface area contributed by atoms with Crippen molar-refractivity contribution in [3.63, 3.8) is 0 Å². The minimum Gasteiger partial charge on any atom is -0.368 e. The molecule has 0 aliphatic carbocycles. The van der Waals surface area contributed by atoms with Gasteiger partial charge in [0, 0.05) is 49.9 Å². The van der Waals surface area contributed by atoms with E-state index in [0.29, 0.717) is 13.2 Å². The molecule has 29 heavy (non-hydrogen) atoms. The highest BCUT2D eigenvalue weighted by atomic mass is 127. The predicted octanol–water partition coefficient (Wildman–Crippen LogP) is 3.09. The molecule has 1 aromatic carbocycles. The lowest BCUT2D eigenvalue weighted by Crippen LogP contribution is -2.37. The summed E-state index contributed by atoms with van der Waals surface area (Å²) in [5, 5.41) is 10.7. The van der Waals surface area contributed by atoms with Crippen molar-refractivity contribution in [3.8, 4) is 0 Å². The topological polar surface area (TPSA) is 87.6 Å². The van der Waals surface area contributed by atoms with Crippen LogP contribution in [-0.2, 0) is 22.5 Å². The van der Waals surface area contributed by atoms with Crippen LogP contribution in [0.2, 0.25) is 0 Å². The van der Waals surface area contributed by atoms with Gasteiger partial charge in [-0.1, -0.05) is 12.1 Å². The molecule has 3 N–H and O–H groups in total. The third-order valence-corrected chi connectivity index (χ3v) is 5.37. The highest BCUT2D eigenvalue weighted by Crippen LogP contribution is 2.16. The maximum absolute atomic E-state index is 12.2. The highest BCUT2D eigenvalue weighted by molar-refractivity contribution is 14.0. The van der Waals surface area contributed by atoms with Gasteiger partial charge in [0.2, 0.25) is 0 Å². The molecule has 0 bridgehead atoms. The van der Waals surface area contributed by atoms with E-state index in [1.165, 1.54) is 4.88 Å². The number of nitrogens with one attached hydrogen (secondary N) is 3. The molecular weight excluding hydrogens is 501 g/mol. The van der Waals surface area contributed by atoms with Crippen LogP contribution in [-0.4, -0.2) is 43.2 Å². The summed E-state index contributed by atoms with van der Waals surface area (Å²) in [6, 6.07) is 7.80. The van der Waals surface area contributed by atoms with Gasteiger partial charge < -0.3 is 20.7 Å². The van der Waals surface area contributed by atoms with E-state index < -0.39 is 0 Å².